The van der Waals surface area contributed by atoms with Crippen LogP contribution in [-0.4, -0.2) is 33.7 Å². The van der Waals surface area contributed by atoms with Gasteiger partial charge in [0.25, 0.3) is 0 Å². The predicted octanol–water partition coefficient (Wildman–Crippen LogP) is 1.85. The molecule has 0 atom stereocenters. The molecule has 7 nitrogen and oxygen atoms in total. The number of nitrogens with one attached hydrogen (secondary N) is 2. The van der Waals surface area contributed by atoms with E-state index in [0.29, 0.717) is 18.8 Å². The summed E-state index contributed by atoms with van der Waals surface area (Å²) in [6.07, 6.45) is 2.01. The van der Waals surface area contributed by atoms with Crippen LogP contribution < -0.4 is 10.6 Å². The Kier molecular flexibility index (Phi) is 4.16. The average Bonchev–Trinajstić information content (AvgIpc) is 2.90. The quantitative estimate of drug-likeness (QED) is 0.861. The van der Waals surface area contributed by atoms with Crippen LogP contribution in [0.2, 0.25) is 0 Å². The van der Waals surface area contributed by atoms with Crippen LogP contribution in [0.5, 0.6) is 0 Å². The number of nitrogens with zero attached hydrogens (tertiary/aromatic N) is 4. The van der Waals surface area contributed by atoms with Gasteiger partial charge in [-0.1, -0.05) is 25.9 Å². The molecule has 0 aliphatic heterocycles. The third-order valence-electron chi connectivity index (χ3n) is 2.71. The van der Waals surface area contributed by atoms with E-state index in [4.69, 9.17) is 4.52 Å². The van der Waals surface area contributed by atoms with Crippen molar-refractivity contribution in [3.05, 3.63) is 24.1 Å². The van der Waals surface area contributed by atoms with E-state index < -0.39 is 0 Å². The van der Waals surface area contributed by atoms with Crippen LogP contribution >= 0.6 is 0 Å². The van der Waals surface area contributed by atoms with Gasteiger partial charge in [0, 0.05) is 31.5 Å². The second-order valence-electron chi connectivity index (χ2n) is 5.49. The molecule has 0 fully saturated rings. The topological polar surface area (TPSA) is 88.8 Å². The minimum atomic E-state index is -0.100. The van der Waals surface area contributed by atoms with E-state index in [1.165, 1.54) is 6.39 Å². The van der Waals surface area contributed by atoms with Crippen molar-refractivity contribution in [2.24, 2.45) is 0 Å². The Bertz CT molecular complexity index is 546. The Morgan fingerprint density at radius 3 is 2.55 bits per heavy atom. The number of hydrogen-bond donors (Lipinski definition) is 2. The second kappa shape index (κ2) is 5.85. The Morgan fingerprint density at radius 2 is 1.95 bits per heavy atom. The number of anilines is 2. The summed E-state index contributed by atoms with van der Waals surface area (Å²) in [6, 6.07) is 1.88. The third kappa shape index (κ3) is 3.66. The van der Waals surface area contributed by atoms with Gasteiger partial charge in [0.1, 0.15) is 17.5 Å². The van der Waals surface area contributed by atoms with E-state index in [1.807, 2.05) is 13.1 Å². The minimum Gasteiger partial charge on any atom is -0.373 e. The van der Waals surface area contributed by atoms with Crippen molar-refractivity contribution in [3.8, 4) is 0 Å². The molecule has 2 aromatic rings. The molecule has 0 saturated heterocycles. The van der Waals surface area contributed by atoms with Crippen molar-refractivity contribution >= 4 is 11.6 Å². The Labute approximate surface area is 118 Å². The highest BCUT2D eigenvalue weighted by Gasteiger charge is 2.18. The van der Waals surface area contributed by atoms with Crippen LogP contribution in [0.4, 0.5) is 11.6 Å². The van der Waals surface area contributed by atoms with Crippen LogP contribution in [0.1, 0.15) is 32.4 Å². The van der Waals surface area contributed by atoms with Crippen LogP contribution in [0.15, 0.2) is 17.0 Å². The number of hydrogen-bond acceptors (Lipinski definition) is 7. The maximum Gasteiger partial charge on any atom is 0.213 e. The maximum atomic E-state index is 4.69. The highest BCUT2D eigenvalue weighted by molar-refractivity contribution is 5.47. The lowest BCUT2D eigenvalue weighted by molar-refractivity contribution is 0.410. The molecule has 0 radical (unpaired) electrons. The van der Waals surface area contributed by atoms with E-state index in [-0.39, 0.29) is 5.41 Å². The molecule has 7 heteroatoms. The Balaban J connectivity index is 2.06. The molecule has 108 valence electrons. The van der Waals surface area contributed by atoms with Crippen LogP contribution in [-0.2, 0) is 11.8 Å². The molecule has 0 bridgehead atoms. The van der Waals surface area contributed by atoms with Gasteiger partial charge in [-0.3, -0.25) is 0 Å². The lowest BCUT2D eigenvalue weighted by Gasteiger charge is -2.18. The second-order valence-corrected chi connectivity index (χ2v) is 5.49. The molecule has 0 aliphatic carbocycles. The standard InChI is InChI=1S/C13H20N6O/c1-13(2,3)12-17-10(14-4)7-11(18-12)15-6-5-9-16-8-20-19-9/h7-8H,5-6H2,1-4H3,(H2,14,15,17,18). The van der Waals surface area contributed by atoms with Gasteiger partial charge in [-0.05, 0) is 0 Å². The Hall–Kier alpha value is -2.18. The van der Waals surface area contributed by atoms with E-state index >= 15 is 0 Å². The summed E-state index contributed by atoms with van der Waals surface area (Å²) in [5.74, 6) is 3.06. The van der Waals surface area contributed by atoms with E-state index in [9.17, 15) is 0 Å². The molecule has 2 N–H and O–H groups in total. The summed E-state index contributed by atoms with van der Waals surface area (Å²) in [6.45, 7) is 6.95. The highest BCUT2D eigenvalue weighted by atomic mass is 16.5. The van der Waals surface area contributed by atoms with E-state index in [0.717, 1.165) is 17.5 Å². The summed E-state index contributed by atoms with van der Waals surface area (Å²) in [5, 5.41) is 10.1. The van der Waals surface area contributed by atoms with Crippen molar-refractivity contribution in [2.45, 2.75) is 32.6 Å². The van der Waals surface area contributed by atoms with Crippen molar-refractivity contribution in [2.75, 3.05) is 24.2 Å². The number of rotatable bonds is 5. The zero-order valence-corrected chi connectivity index (χ0v) is 12.3. The minimum absolute atomic E-state index is 0.100. The van der Waals surface area contributed by atoms with Gasteiger partial charge in [0.15, 0.2) is 5.82 Å². The van der Waals surface area contributed by atoms with E-state index in [1.54, 1.807) is 0 Å². The molecular weight excluding hydrogens is 256 g/mol. The molecule has 20 heavy (non-hydrogen) atoms. The summed E-state index contributed by atoms with van der Waals surface area (Å²) < 4.78 is 4.69. The van der Waals surface area contributed by atoms with Gasteiger partial charge in [-0.25, -0.2) is 9.97 Å². The van der Waals surface area contributed by atoms with Crippen LogP contribution in [0, 0.1) is 0 Å². The molecule has 0 spiro atoms. The molecular formula is C13H20N6O. The fourth-order valence-corrected chi connectivity index (χ4v) is 1.61. The predicted molar refractivity (Wildman–Crippen MR) is 76.8 cm³/mol. The molecule has 2 heterocycles. The van der Waals surface area contributed by atoms with Gasteiger partial charge >= 0.3 is 0 Å². The van der Waals surface area contributed by atoms with Gasteiger partial charge in [-0.15, -0.1) is 0 Å². The summed E-state index contributed by atoms with van der Waals surface area (Å²) in [5.41, 5.74) is -0.100. The molecule has 0 aliphatic rings. The van der Waals surface area contributed by atoms with E-state index in [2.05, 4.69) is 51.5 Å². The first-order chi connectivity index (χ1) is 9.49. The molecule has 2 rings (SSSR count). The third-order valence-corrected chi connectivity index (χ3v) is 2.71. The molecule has 0 aromatic carbocycles. The normalized spacial score (nSPS) is 11.4. The first kappa shape index (κ1) is 14.2. The largest absolute Gasteiger partial charge is 0.373 e. The molecule has 2 aromatic heterocycles. The maximum absolute atomic E-state index is 4.69. The Morgan fingerprint density at radius 1 is 1.20 bits per heavy atom. The van der Waals surface area contributed by atoms with Gasteiger partial charge < -0.3 is 15.2 Å². The lowest BCUT2D eigenvalue weighted by Crippen LogP contribution is -2.18. The monoisotopic (exact) mass is 276 g/mol. The van der Waals surface area contributed by atoms with Crippen LogP contribution in [0.3, 0.4) is 0 Å². The smallest absolute Gasteiger partial charge is 0.213 e. The highest BCUT2D eigenvalue weighted by Crippen LogP contribution is 2.22. The molecule has 0 unspecified atom stereocenters. The fourth-order valence-electron chi connectivity index (χ4n) is 1.61. The fraction of sp³-hybridized carbons (Fsp3) is 0.538. The first-order valence-corrected chi connectivity index (χ1v) is 6.55. The van der Waals surface area contributed by atoms with Gasteiger partial charge in [-0.2, -0.15) is 4.98 Å². The lowest BCUT2D eigenvalue weighted by atomic mass is 9.96. The molecule has 0 saturated carbocycles. The zero-order valence-electron chi connectivity index (χ0n) is 12.3. The van der Waals surface area contributed by atoms with Gasteiger partial charge in [0.2, 0.25) is 6.39 Å². The SMILES string of the molecule is CNc1cc(NCCc2ncon2)nc(C(C)(C)C)n1. The van der Waals surface area contributed by atoms with Crippen molar-refractivity contribution < 1.29 is 4.52 Å². The summed E-state index contributed by atoms with van der Waals surface area (Å²) in [7, 11) is 1.85. The van der Waals surface area contributed by atoms with Crippen molar-refractivity contribution in [1.82, 2.24) is 20.1 Å². The van der Waals surface area contributed by atoms with Gasteiger partial charge in [0.05, 0.1) is 0 Å². The van der Waals surface area contributed by atoms with Crippen molar-refractivity contribution in [1.29, 1.82) is 0 Å². The summed E-state index contributed by atoms with van der Waals surface area (Å²) in [4.78, 5) is 13.0. The summed E-state index contributed by atoms with van der Waals surface area (Å²) >= 11 is 0. The number of aromatic nitrogens is 4. The first-order valence-electron chi connectivity index (χ1n) is 6.55. The zero-order chi connectivity index (χ0) is 14.6. The van der Waals surface area contributed by atoms with Crippen LogP contribution in [0.25, 0.3) is 0 Å². The molecule has 0 amide bonds. The average molecular weight is 276 g/mol. The van der Waals surface area contributed by atoms with Crippen molar-refractivity contribution in [3.63, 3.8) is 0 Å².